The quantitative estimate of drug-likeness (QED) is 0.760. The van der Waals surface area contributed by atoms with Crippen molar-refractivity contribution in [3.05, 3.63) is 34.3 Å². The maximum Gasteiger partial charge on any atom is 0.0589 e. The second-order valence-corrected chi connectivity index (χ2v) is 5.19. The van der Waals surface area contributed by atoms with Crippen LogP contribution in [0.3, 0.4) is 0 Å². The average molecular weight is 301 g/mol. The number of aryl methyl sites for hydroxylation is 1. The highest BCUT2D eigenvalue weighted by molar-refractivity contribution is 6.31. The molecule has 0 bridgehead atoms. The molecule has 0 saturated carbocycles. The largest absolute Gasteiger partial charge is 0.383 e. The van der Waals surface area contributed by atoms with Gasteiger partial charge in [0.1, 0.15) is 0 Å². The van der Waals surface area contributed by atoms with Crippen molar-refractivity contribution in [2.45, 2.75) is 13.0 Å². The number of nitrogens with zero attached hydrogens (tertiary/aromatic N) is 1. The van der Waals surface area contributed by atoms with Crippen LogP contribution in [0.4, 0.5) is 0 Å². The predicted octanol–water partition coefficient (Wildman–Crippen LogP) is 2.24. The lowest BCUT2D eigenvalue weighted by atomic mass is 10.0. The fourth-order valence-electron chi connectivity index (χ4n) is 2.15. The fraction of sp³-hybridized carbons (Fsp3) is 0.600. The third-order valence-corrected chi connectivity index (χ3v) is 3.82. The lowest BCUT2D eigenvalue weighted by molar-refractivity contribution is 0.0891. The summed E-state index contributed by atoms with van der Waals surface area (Å²) in [6.45, 7) is 5.49. The van der Waals surface area contributed by atoms with E-state index in [2.05, 4.69) is 11.0 Å². The molecule has 1 unspecified atom stereocenters. The molecule has 4 nitrogen and oxygen atoms in total. The summed E-state index contributed by atoms with van der Waals surface area (Å²) in [6, 6.07) is 6.25. The SMILES string of the molecule is COCCN(CCOC)C(CN)c1ccc(C)c(Cl)c1. The highest BCUT2D eigenvalue weighted by Crippen LogP contribution is 2.24. The third-order valence-electron chi connectivity index (χ3n) is 3.41. The Bertz CT molecular complexity index is 393. The van der Waals surface area contributed by atoms with Gasteiger partial charge in [-0.2, -0.15) is 0 Å². The summed E-state index contributed by atoms with van der Waals surface area (Å²) < 4.78 is 10.4. The fourth-order valence-corrected chi connectivity index (χ4v) is 2.34. The number of halogens is 1. The van der Waals surface area contributed by atoms with Gasteiger partial charge in [0.25, 0.3) is 0 Å². The summed E-state index contributed by atoms with van der Waals surface area (Å²) in [7, 11) is 3.41. The van der Waals surface area contributed by atoms with E-state index < -0.39 is 0 Å². The Balaban J connectivity index is 2.88. The zero-order valence-electron chi connectivity index (χ0n) is 12.6. The van der Waals surface area contributed by atoms with Crippen molar-refractivity contribution in [3.63, 3.8) is 0 Å². The molecule has 0 fully saturated rings. The molecule has 0 aliphatic rings. The van der Waals surface area contributed by atoms with E-state index >= 15 is 0 Å². The highest BCUT2D eigenvalue weighted by atomic mass is 35.5. The van der Waals surface area contributed by atoms with Crippen LogP contribution in [0, 0.1) is 6.92 Å². The number of methoxy groups -OCH3 is 2. The van der Waals surface area contributed by atoms with Crippen molar-refractivity contribution in [1.29, 1.82) is 0 Å². The molecule has 0 heterocycles. The molecular weight excluding hydrogens is 276 g/mol. The van der Waals surface area contributed by atoms with Crippen molar-refractivity contribution in [2.24, 2.45) is 5.73 Å². The molecule has 5 heteroatoms. The summed E-state index contributed by atoms with van der Waals surface area (Å²) in [5.74, 6) is 0. The molecule has 0 aliphatic carbocycles. The standard InChI is InChI=1S/C15H25ClN2O2/c1-12-4-5-13(10-14(12)16)15(11-17)18(6-8-19-2)7-9-20-3/h4-5,10,15H,6-9,11,17H2,1-3H3. The Hall–Kier alpha value is -0.650. The second kappa shape index (κ2) is 9.32. The van der Waals surface area contributed by atoms with E-state index in [0.29, 0.717) is 19.8 Å². The van der Waals surface area contributed by atoms with Gasteiger partial charge in [0.15, 0.2) is 0 Å². The summed E-state index contributed by atoms with van der Waals surface area (Å²) >= 11 is 6.22. The van der Waals surface area contributed by atoms with Crippen LogP contribution >= 0.6 is 11.6 Å². The van der Waals surface area contributed by atoms with Crippen molar-refractivity contribution < 1.29 is 9.47 Å². The van der Waals surface area contributed by atoms with E-state index in [9.17, 15) is 0 Å². The summed E-state index contributed by atoms with van der Waals surface area (Å²) in [5.41, 5.74) is 8.18. The van der Waals surface area contributed by atoms with E-state index in [0.717, 1.165) is 29.2 Å². The molecule has 114 valence electrons. The predicted molar refractivity (Wildman–Crippen MR) is 83.3 cm³/mol. The number of benzene rings is 1. The zero-order valence-corrected chi connectivity index (χ0v) is 13.3. The van der Waals surface area contributed by atoms with Gasteiger partial charge in [-0.15, -0.1) is 0 Å². The monoisotopic (exact) mass is 300 g/mol. The maximum atomic E-state index is 6.22. The molecule has 2 N–H and O–H groups in total. The van der Waals surface area contributed by atoms with E-state index in [4.69, 9.17) is 26.8 Å². The number of nitrogens with two attached hydrogens (primary N) is 1. The van der Waals surface area contributed by atoms with E-state index in [1.165, 1.54) is 0 Å². The summed E-state index contributed by atoms with van der Waals surface area (Å²) in [6.07, 6.45) is 0. The van der Waals surface area contributed by atoms with Crippen LogP contribution in [0.25, 0.3) is 0 Å². The van der Waals surface area contributed by atoms with E-state index in [1.54, 1.807) is 14.2 Å². The van der Waals surface area contributed by atoms with Gasteiger partial charge in [-0.1, -0.05) is 23.7 Å². The Kier molecular flexibility index (Phi) is 8.11. The molecular formula is C15H25ClN2O2. The normalized spacial score (nSPS) is 12.9. The second-order valence-electron chi connectivity index (χ2n) is 4.78. The lowest BCUT2D eigenvalue weighted by Gasteiger charge is -2.31. The van der Waals surface area contributed by atoms with Crippen molar-refractivity contribution in [1.82, 2.24) is 4.90 Å². The smallest absolute Gasteiger partial charge is 0.0589 e. The average Bonchev–Trinajstić information content (AvgIpc) is 2.45. The Labute approximate surface area is 126 Å². The molecule has 1 rings (SSSR count). The third kappa shape index (κ3) is 5.04. The maximum absolute atomic E-state index is 6.22. The van der Waals surface area contributed by atoms with Crippen molar-refractivity contribution in [3.8, 4) is 0 Å². The summed E-state index contributed by atoms with van der Waals surface area (Å²) in [5, 5.41) is 0.777. The molecule has 0 spiro atoms. The van der Waals surface area contributed by atoms with Crippen LogP contribution in [0.15, 0.2) is 18.2 Å². The first kappa shape index (κ1) is 17.4. The van der Waals surface area contributed by atoms with Gasteiger partial charge in [0.2, 0.25) is 0 Å². The van der Waals surface area contributed by atoms with Crippen LogP contribution in [0.5, 0.6) is 0 Å². The number of hydrogen-bond acceptors (Lipinski definition) is 4. The lowest BCUT2D eigenvalue weighted by Crippen LogP contribution is -2.38. The van der Waals surface area contributed by atoms with Gasteiger partial charge in [-0.25, -0.2) is 0 Å². The van der Waals surface area contributed by atoms with Crippen molar-refractivity contribution >= 4 is 11.6 Å². The minimum absolute atomic E-state index is 0.124. The van der Waals surface area contributed by atoms with Gasteiger partial charge in [0, 0.05) is 44.9 Å². The van der Waals surface area contributed by atoms with Gasteiger partial charge in [-0.3, -0.25) is 4.90 Å². The Morgan fingerprint density at radius 1 is 1.20 bits per heavy atom. The van der Waals surface area contributed by atoms with E-state index in [1.807, 2.05) is 19.1 Å². The number of hydrogen-bond donors (Lipinski definition) is 1. The van der Waals surface area contributed by atoms with Crippen LogP contribution < -0.4 is 5.73 Å². The van der Waals surface area contributed by atoms with Crippen LogP contribution in [-0.2, 0) is 9.47 Å². The molecule has 0 radical (unpaired) electrons. The van der Waals surface area contributed by atoms with Gasteiger partial charge in [0.05, 0.1) is 13.2 Å². The first-order valence-electron chi connectivity index (χ1n) is 6.82. The molecule has 0 saturated heterocycles. The number of ether oxygens (including phenoxy) is 2. The minimum atomic E-state index is 0.124. The van der Waals surface area contributed by atoms with Crippen LogP contribution in [0.1, 0.15) is 17.2 Å². The molecule has 20 heavy (non-hydrogen) atoms. The summed E-state index contributed by atoms with van der Waals surface area (Å²) in [4.78, 5) is 2.27. The Morgan fingerprint density at radius 2 is 1.80 bits per heavy atom. The topological polar surface area (TPSA) is 47.7 Å². The molecule has 1 aromatic carbocycles. The van der Waals surface area contributed by atoms with Crippen LogP contribution in [-0.4, -0.2) is 52.0 Å². The molecule has 1 atom stereocenters. The molecule has 1 aromatic rings. The van der Waals surface area contributed by atoms with Gasteiger partial charge in [-0.05, 0) is 24.1 Å². The van der Waals surface area contributed by atoms with Gasteiger partial charge < -0.3 is 15.2 Å². The molecule has 0 aliphatic heterocycles. The Morgan fingerprint density at radius 3 is 2.25 bits per heavy atom. The minimum Gasteiger partial charge on any atom is -0.383 e. The molecule has 0 aromatic heterocycles. The molecule has 0 amide bonds. The zero-order chi connectivity index (χ0) is 15.0. The first-order valence-corrected chi connectivity index (χ1v) is 7.19. The van der Waals surface area contributed by atoms with Crippen LogP contribution in [0.2, 0.25) is 5.02 Å². The highest BCUT2D eigenvalue weighted by Gasteiger charge is 2.19. The van der Waals surface area contributed by atoms with Gasteiger partial charge >= 0.3 is 0 Å². The van der Waals surface area contributed by atoms with E-state index in [-0.39, 0.29) is 6.04 Å². The van der Waals surface area contributed by atoms with Crippen molar-refractivity contribution in [2.75, 3.05) is 47.1 Å². The first-order chi connectivity index (χ1) is 9.63. The number of rotatable bonds is 9.